The molecule has 0 aliphatic rings. The number of ether oxygens (including phenoxy) is 4. The summed E-state index contributed by atoms with van der Waals surface area (Å²) in [5.41, 5.74) is 3.66. The van der Waals surface area contributed by atoms with Crippen LogP contribution < -0.4 is 23.7 Å². The molecule has 3 aromatic rings. The SMILES string of the molecule is CCN=c1scc(-c2ccc(OC)cc2OC)n1N=C(CC)c1ccc(OC)c(OC)c1. The largest absolute Gasteiger partial charge is 0.497 e. The molecular weight excluding hydrogens is 426 g/mol. The molecule has 8 heteroatoms. The van der Waals surface area contributed by atoms with E-state index in [-0.39, 0.29) is 0 Å². The summed E-state index contributed by atoms with van der Waals surface area (Å²) in [6.45, 7) is 4.75. The minimum Gasteiger partial charge on any atom is -0.497 e. The summed E-state index contributed by atoms with van der Waals surface area (Å²) in [7, 11) is 6.54. The predicted octanol–water partition coefficient (Wildman–Crippen LogP) is 4.83. The monoisotopic (exact) mass is 455 g/mol. The van der Waals surface area contributed by atoms with Crippen LogP contribution in [-0.2, 0) is 0 Å². The zero-order chi connectivity index (χ0) is 23.1. The van der Waals surface area contributed by atoms with Crippen LogP contribution >= 0.6 is 11.3 Å². The molecule has 0 radical (unpaired) electrons. The molecule has 0 unspecified atom stereocenters. The second kappa shape index (κ2) is 10.9. The summed E-state index contributed by atoms with van der Waals surface area (Å²) in [5, 5.41) is 7.06. The van der Waals surface area contributed by atoms with Crippen LogP contribution in [0.25, 0.3) is 11.3 Å². The molecule has 0 N–H and O–H groups in total. The second-order valence-corrected chi connectivity index (χ2v) is 7.56. The Balaban J connectivity index is 2.20. The van der Waals surface area contributed by atoms with Gasteiger partial charge in [0.2, 0.25) is 4.80 Å². The van der Waals surface area contributed by atoms with Gasteiger partial charge < -0.3 is 18.9 Å². The topological polar surface area (TPSA) is 66.6 Å². The maximum Gasteiger partial charge on any atom is 0.206 e. The van der Waals surface area contributed by atoms with Crippen molar-refractivity contribution in [1.29, 1.82) is 0 Å². The van der Waals surface area contributed by atoms with E-state index >= 15 is 0 Å². The van der Waals surface area contributed by atoms with Crippen molar-refractivity contribution in [1.82, 2.24) is 4.68 Å². The van der Waals surface area contributed by atoms with Gasteiger partial charge in [0.15, 0.2) is 11.5 Å². The van der Waals surface area contributed by atoms with E-state index in [4.69, 9.17) is 24.0 Å². The maximum atomic E-state index is 5.64. The third kappa shape index (κ3) is 4.80. The third-order valence-electron chi connectivity index (χ3n) is 4.94. The molecule has 0 atom stereocenters. The average Bonchev–Trinajstić information content (AvgIpc) is 3.23. The van der Waals surface area contributed by atoms with Crippen molar-refractivity contribution in [3.8, 4) is 34.3 Å². The van der Waals surface area contributed by atoms with Crippen LogP contribution in [0.4, 0.5) is 0 Å². The Morgan fingerprint density at radius 2 is 1.62 bits per heavy atom. The molecule has 2 aromatic carbocycles. The Morgan fingerprint density at radius 1 is 0.875 bits per heavy atom. The van der Waals surface area contributed by atoms with Gasteiger partial charge in [-0.3, -0.25) is 4.99 Å². The van der Waals surface area contributed by atoms with Crippen LogP contribution in [-0.4, -0.2) is 45.4 Å². The first-order valence-corrected chi connectivity index (χ1v) is 11.2. The number of hydrogen-bond acceptors (Lipinski definition) is 7. The van der Waals surface area contributed by atoms with Gasteiger partial charge in [0, 0.05) is 29.1 Å². The summed E-state index contributed by atoms with van der Waals surface area (Å²) in [4.78, 5) is 5.46. The third-order valence-corrected chi connectivity index (χ3v) is 5.79. The van der Waals surface area contributed by atoms with Crippen LogP contribution in [0.15, 0.2) is 51.9 Å². The molecule has 7 nitrogen and oxygen atoms in total. The van der Waals surface area contributed by atoms with E-state index in [1.807, 2.05) is 53.4 Å². The van der Waals surface area contributed by atoms with Crippen molar-refractivity contribution >= 4 is 17.0 Å². The Kier molecular flexibility index (Phi) is 7.94. The average molecular weight is 456 g/mol. The number of rotatable bonds is 9. The Morgan fingerprint density at radius 3 is 2.25 bits per heavy atom. The highest BCUT2D eigenvalue weighted by Gasteiger charge is 2.15. The molecule has 0 spiro atoms. The lowest BCUT2D eigenvalue weighted by Gasteiger charge is -2.13. The van der Waals surface area contributed by atoms with Crippen molar-refractivity contribution in [3.05, 3.63) is 52.1 Å². The summed E-state index contributed by atoms with van der Waals surface area (Å²) >= 11 is 1.54. The van der Waals surface area contributed by atoms with Crippen LogP contribution in [0.5, 0.6) is 23.0 Å². The summed E-state index contributed by atoms with van der Waals surface area (Å²) < 4.78 is 23.7. The van der Waals surface area contributed by atoms with Gasteiger partial charge in [0.05, 0.1) is 39.8 Å². The lowest BCUT2D eigenvalue weighted by atomic mass is 10.1. The molecule has 1 heterocycles. The van der Waals surface area contributed by atoms with E-state index in [2.05, 4.69) is 11.9 Å². The normalized spacial score (nSPS) is 12.1. The summed E-state index contributed by atoms with van der Waals surface area (Å²) in [6, 6.07) is 11.6. The number of hydrogen-bond donors (Lipinski definition) is 0. The van der Waals surface area contributed by atoms with E-state index < -0.39 is 0 Å². The number of aromatic nitrogens is 1. The van der Waals surface area contributed by atoms with E-state index in [9.17, 15) is 0 Å². The first-order chi connectivity index (χ1) is 15.6. The minimum atomic E-state index is 0.660. The molecule has 170 valence electrons. The lowest BCUT2D eigenvalue weighted by molar-refractivity contribution is 0.355. The summed E-state index contributed by atoms with van der Waals surface area (Å²) in [6.07, 6.45) is 0.725. The van der Waals surface area contributed by atoms with E-state index in [1.165, 1.54) is 0 Å². The molecule has 32 heavy (non-hydrogen) atoms. The maximum absolute atomic E-state index is 5.64. The second-order valence-electron chi connectivity index (χ2n) is 6.73. The van der Waals surface area contributed by atoms with Gasteiger partial charge in [-0.25, -0.2) is 4.68 Å². The van der Waals surface area contributed by atoms with Gasteiger partial charge in [-0.1, -0.05) is 6.92 Å². The zero-order valence-corrected chi connectivity index (χ0v) is 20.2. The van der Waals surface area contributed by atoms with Crippen LogP contribution in [0.1, 0.15) is 25.8 Å². The van der Waals surface area contributed by atoms with Crippen LogP contribution in [0, 0.1) is 0 Å². The Bertz CT molecular complexity index is 1160. The van der Waals surface area contributed by atoms with Gasteiger partial charge >= 0.3 is 0 Å². The first-order valence-electron chi connectivity index (χ1n) is 10.3. The minimum absolute atomic E-state index is 0.660. The molecule has 0 saturated carbocycles. The van der Waals surface area contributed by atoms with E-state index in [0.717, 1.165) is 39.5 Å². The van der Waals surface area contributed by atoms with Crippen molar-refractivity contribution in [2.45, 2.75) is 20.3 Å². The fourth-order valence-corrected chi connectivity index (χ4v) is 4.19. The standard InChI is InChI=1S/C24H29N3O4S/c1-7-19(16-9-12-21(29-4)23(13-16)31-6)26-27-20(15-32-24(27)25-8-2)18-11-10-17(28-3)14-22(18)30-5/h9-15H,7-8H2,1-6H3. The highest BCUT2D eigenvalue weighted by molar-refractivity contribution is 7.07. The number of nitrogens with zero attached hydrogens (tertiary/aromatic N) is 3. The van der Waals surface area contributed by atoms with Crippen molar-refractivity contribution in [2.75, 3.05) is 35.0 Å². The molecule has 0 aliphatic heterocycles. The zero-order valence-electron chi connectivity index (χ0n) is 19.3. The Labute approximate surface area is 192 Å². The number of benzene rings is 2. The highest BCUT2D eigenvalue weighted by Crippen LogP contribution is 2.34. The highest BCUT2D eigenvalue weighted by atomic mass is 32.1. The number of methoxy groups -OCH3 is 4. The molecule has 1 aromatic heterocycles. The summed E-state index contributed by atoms with van der Waals surface area (Å²) in [5.74, 6) is 2.78. The molecular formula is C24H29N3O4S. The molecule has 0 amide bonds. The number of thiazole rings is 1. The molecule has 0 aliphatic carbocycles. The van der Waals surface area contributed by atoms with Crippen molar-refractivity contribution in [2.24, 2.45) is 10.1 Å². The molecule has 0 bridgehead atoms. The van der Waals surface area contributed by atoms with E-state index in [1.54, 1.807) is 39.8 Å². The van der Waals surface area contributed by atoms with Crippen LogP contribution in [0.2, 0.25) is 0 Å². The quantitative estimate of drug-likeness (QED) is 0.433. The molecule has 3 rings (SSSR count). The van der Waals surface area contributed by atoms with Gasteiger partial charge in [-0.15, -0.1) is 11.3 Å². The smallest absolute Gasteiger partial charge is 0.206 e. The van der Waals surface area contributed by atoms with Gasteiger partial charge in [-0.05, 0) is 43.7 Å². The van der Waals surface area contributed by atoms with E-state index in [0.29, 0.717) is 23.8 Å². The lowest BCUT2D eigenvalue weighted by Crippen LogP contribution is -2.15. The molecule has 0 fully saturated rings. The fraction of sp³-hybridized carbons (Fsp3) is 0.333. The fourth-order valence-electron chi connectivity index (χ4n) is 3.30. The van der Waals surface area contributed by atoms with Gasteiger partial charge in [0.1, 0.15) is 11.5 Å². The van der Waals surface area contributed by atoms with Gasteiger partial charge in [0.25, 0.3) is 0 Å². The van der Waals surface area contributed by atoms with Crippen LogP contribution in [0.3, 0.4) is 0 Å². The molecule has 0 saturated heterocycles. The first kappa shape index (κ1) is 23.4. The predicted molar refractivity (Wildman–Crippen MR) is 129 cm³/mol. The van der Waals surface area contributed by atoms with Crippen molar-refractivity contribution < 1.29 is 18.9 Å². The Hall–Kier alpha value is -3.26. The van der Waals surface area contributed by atoms with Gasteiger partial charge in [-0.2, -0.15) is 5.10 Å². The van der Waals surface area contributed by atoms with Crippen molar-refractivity contribution in [3.63, 3.8) is 0 Å².